The zero-order valence-electron chi connectivity index (χ0n) is 17.5. The number of aryl methyl sites for hydroxylation is 1. The van der Waals surface area contributed by atoms with Gasteiger partial charge in [0.2, 0.25) is 5.91 Å². The lowest BCUT2D eigenvalue weighted by molar-refractivity contribution is -0.116. The van der Waals surface area contributed by atoms with Crippen molar-refractivity contribution in [2.75, 3.05) is 19.5 Å². The molecule has 0 aliphatic heterocycles. The number of ether oxygens (including phenoxy) is 2. The van der Waals surface area contributed by atoms with Crippen molar-refractivity contribution in [3.8, 4) is 5.75 Å². The molecule has 0 saturated carbocycles. The molecule has 0 fully saturated rings. The molecule has 1 heterocycles. The topological polar surface area (TPSA) is 82.4 Å². The van der Waals surface area contributed by atoms with E-state index in [2.05, 4.69) is 24.3 Å². The average Bonchev–Trinajstić information content (AvgIpc) is 2.92. The van der Waals surface area contributed by atoms with Crippen LogP contribution in [0.15, 0.2) is 18.2 Å². The summed E-state index contributed by atoms with van der Waals surface area (Å²) in [4.78, 5) is 24.5. The number of nitrogens with one attached hydrogen (secondary N) is 1. The van der Waals surface area contributed by atoms with E-state index in [0.29, 0.717) is 30.2 Å². The number of carbonyl (C=O) groups excluding carboxylic acids is 2. The van der Waals surface area contributed by atoms with Crippen molar-refractivity contribution in [3.63, 3.8) is 0 Å². The Labute approximate surface area is 166 Å². The Bertz CT molecular complexity index is 856. The van der Waals surface area contributed by atoms with Gasteiger partial charge in [-0.1, -0.05) is 13.8 Å². The lowest BCUT2D eigenvalue weighted by atomic mass is 10.1. The molecule has 0 spiro atoms. The molecular weight excluding hydrogens is 358 g/mol. The first-order chi connectivity index (χ1) is 13.3. The number of hydrogen-bond acceptors (Lipinski definition) is 5. The van der Waals surface area contributed by atoms with Gasteiger partial charge >= 0.3 is 5.97 Å². The molecule has 1 aromatic carbocycles. The zero-order valence-corrected chi connectivity index (χ0v) is 17.5. The number of amides is 1. The van der Waals surface area contributed by atoms with Crippen LogP contribution in [0.1, 0.15) is 47.6 Å². The first-order valence-corrected chi connectivity index (χ1v) is 9.35. The minimum Gasteiger partial charge on any atom is -0.497 e. The number of aromatic nitrogens is 2. The van der Waals surface area contributed by atoms with Crippen LogP contribution in [-0.4, -0.2) is 35.9 Å². The van der Waals surface area contributed by atoms with Gasteiger partial charge in [-0.25, -0.2) is 4.79 Å². The number of benzene rings is 1. The second-order valence-electron chi connectivity index (χ2n) is 7.18. The number of rotatable bonds is 8. The first kappa shape index (κ1) is 21.5. The summed E-state index contributed by atoms with van der Waals surface area (Å²) in [6.45, 7) is 9.16. The molecule has 0 unspecified atom stereocenters. The summed E-state index contributed by atoms with van der Waals surface area (Å²) in [5.41, 5.74) is 3.80. The Morgan fingerprint density at radius 1 is 1.21 bits per heavy atom. The molecule has 0 radical (unpaired) electrons. The summed E-state index contributed by atoms with van der Waals surface area (Å²) in [6, 6.07) is 4.87. The summed E-state index contributed by atoms with van der Waals surface area (Å²) < 4.78 is 11.9. The van der Waals surface area contributed by atoms with E-state index in [9.17, 15) is 9.59 Å². The predicted molar refractivity (Wildman–Crippen MR) is 108 cm³/mol. The summed E-state index contributed by atoms with van der Waals surface area (Å²) in [6.07, 6.45) is 0.882. The second kappa shape index (κ2) is 9.39. The maximum Gasteiger partial charge on any atom is 0.340 e. The number of esters is 1. The number of hydrogen-bond donors (Lipinski definition) is 1. The van der Waals surface area contributed by atoms with Gasteiger partial charge in [-0.2, -0.15) is 5.10 Å². The highest BCUT2D eigenvalue weighted by Crippen LogP contribution is 2.23. The lowest BCUT2D eigenvalue weighted by Gasteiger charge is -2.12. The largest absolute Gasteiger partial charge is 0.497 e. The highest BCUT2D eigenvalue weighted by molar-refractivity contribution is 6.01. The Balaban J connectivity index is 2.09. The van der Waals surface area contributed by atoms with Crippen LogP contribution in [0.4, 0.5) is 5.69 Å². The van der Waals surface area contributed by atoms with Gasteiger partial charge in [0.25, 0.3) is 0 Å². The van der Waals surface area contributed by atoms with Crippen LogP contribution >= 0.6 is 0 Å². The Morgan fingerprint density at radius 3 is 2.54 bits per heavy atom. The zero-order chi connectivity index (χ0) is 20.8. The molecule has 0 bridgehead atoms. The molecule has 0 atom stereocenters. The van der Waals surface area contributed by atoms with E-state index >= 15 is 0 Å². The van der Waals surface area contributed by atoms with Crippen LogP contribution in [0.2, 0.25) is 0 Å². The molecule has 2 rings (SSSR count). The van der Waals surface area contributed by atoms with Crippen molar-refractivity contribution in [1.82, 2.24) is 9.78 Å². The van der Waals surface area contributed by atoms with E-state index in [0.717, 1.165) is 23.5 Å². The Kier molecular flexibility index (Phi) is 7.20. The minimum absolute atomic E-state index is 0.175. The fourth-order valence-electron chi connectivity index (χ4n) is 3.11. The van der Waals surface area contributed by atoms with E-state index in [1.54, 1.807) is 18.2 Å². The third kappa shape index (κ3) is 5.12. The van der Waals surface area contributed by atoms with Crippen molar-refractivity contribution < 1.29 is 19.1 Å². The van der Waals surface area contributed by atoms with E-state index in [-0.39, 0.29) is 11.5 Å². The third-order valence-corrected chi connectivity index (χ3v) is 4.58. The van der Waals surface area contributed by atoms with E-state index in [1.165, 1.54) is 14.2 Å². The van der Waals surface area contributed by atoms with E-state index in [1.807, 2.05) is 18.5 Å². The van der Waals surface area contributed by atoms with Gasteiger partial charge in [0.1, 0.15) is 5.75 Å². The van der Waals surface area contributed by atoms with Crippen molar-refractivity contribution in [2.45, 2.75) is 47.1 Å². The quantitative estimate of drug-likeness (QED) is 0.701. The maximum atomic E-state index is 12.5. The van der Waals surface area contributed by atoms with Crippen molar-refractivity contribution >= 4 is 17.6 Å². The molecule has 1 aromatic heterocycles. The SMILES string of the molecule is COC(=O)c1cc(OC)ccc1NC(=O)CCc1c(C)nn(CC(C)C)c1C. The lowest BCUT2D eigenvalue weighted by Crippen LogP contribution is -2.16. The molecule has 0 saturated heterocycles. The summed E-state index contributed by atoms with van der Waals surface area (Å²) in [5.74, 6) is 0.310. The van der Waals surface area contributed by atoms with Gasteiger partial charge in [-0.05, 0) is 49.9 Å². The van der Waals surface area contributed by atoms with Crippen LogP contribution in [0.3, 0.4) is 0 Å². The highest BCUT2D eigenvalue weighted by atomic mass is 16.5. The summed E-state index contributed by atoms with van der Waals surface area (Å²) >= 11 is 0. The smallest absolute Gasteiger partial charge is 0.340 e. The molecule has 28 heavy (non-hydrogen) atoms. The van der Waals surface area contributed by atoms with E-state index in [4.69, 9.17) is 9.47 Å². The predicted octanol–water partition coefficient (Wildman–Crippen LogP) is 3.52. The molecular formula is C21H29N3O4. The van der Waals surface area contributed by atoms with Crippen LogP contribution in [0.25, 0.3) is 0 Å². The molecule has 1 N–H and O–H groups in total. The van der Waals surface area contributed by atoms with Crippen LogP contribution in [0.5, 0.6) is 5.75 Å². The Hall–Kier alpha value is -2.83. The van der Waals surface area contributed by atoms with Crippen molar-refractivity contribution in [2.24, 2.45) is 5.92 Å². The molecule has 0 aliphatic carbocycles. The molecule has 7 heteroatoms. The fraction of sp³-hybridized carbons (Fsp3) is 0.476. The summed E-state index contributed by atoms with van der Waals surface area (Å²) in [7, 11) is 2.81. The van der Waals surface area contributed by atoms with Gasteiger partial charge in [0, 0.05) is 18.7 Å². The van der Waals surface area contributed by atoms with Gasteiger partial charge in [0.15, 0.2) is 0 Å². The third-order valence-electron chi connectivity index (χ3n) is 4.58. The van der Waals surface area contributed by atoms with Crippen molar-refractivity contribution in [3.05, 3.63) is 40.7 Å². The fourth-order valence-corrected chi connectivity index (χ4v) is 3.11. The maximum absolute atomic E-state index is 12.5. The average molecular weight is 387 g/mol. The minimum atomic E-state index is -0.532. The van der Waals surface area contributed by atoms with Gasteiger partial charge in [-0.15, -0.1) is 0 Å². The number of methoxy groups -OCH3 is 2. The Morgan fingerprint density at radius 2 is 1.93 bits per heavy atom. The second-order valence-corrected chi connectivity index (χ2v) is 7.18. The molecule has 152 valence electrons. The van der Waals surface area contributed by atoms with Gasteiger partial charge in [-0.3, -0.25) is 9.48 Å². The number of anilines is 1. The number of carbonyl (C=O) groups is 2. The molecule has 7 nitrogen and oxygen atoms in total. The first-order valence-electron chi connectivity index (χ1n) is 9.35. The van der Waals surface area contributed by atoms with Crippen LogP contribution < -0.4 is 10.1 Å². The van der Waals surface area contributed by atoms with Gasteiger partial charge < -0.3 is 14.8 Å². The normalized spacial score (nSPS) is 10.8. The molecule has 0 aliphatic rings. The highest BCUT2D eigenvalue weighted by Gasteiger charge is 2.17. The van der Waals surface area contributed by atoms with Gasteiger partial charge in [0.05, 0.1) is 31.2 Å². The van der Waals surface area contributed by atoms with Crippen molar-refractivity contribution in [1.29, 1.82) is 0 Å². The monoisotopic (exact) mass is 387 g/mol. The standard InChI is InChI=1S/C21H29N3O4/c1-13(2)12-24-15(4)17(14(3)23-24)8-10-20(25)22-19-9-7-16(27-5)11-18(19)21(26)28-6/h7,9,11,13H,8,10,12H2,1-6H3,(H,22,25). The number of nitrogens with zero attached hydrogens (tertiary/aromatic N) is 2. The molecule has 2 aromatic rings. The van der Waals surface area contributed by atoms with Crippen LogP contribution in [0, 0.1) is 19.8 Å². The summed E-state index contributed by atoms with van der Waals surface area (Å²) in [5, 5.41) is 7.39. The van der Waals surface area contributed by atoms with E-state index < -0.39 is 5.97 Å². The van der Waals surface area contributed by atoms with Crippen LogP contribution in [-0.2, 0) is 22.5 Å². The molecule has 1 amide bonds.